The van der Waals surface area contributed by atoms with Crippen LogP contribution in [0.1, 0.15) is 10.4 Å². The summed E-state index contributed by atoms with van der Waals surface area (Å²) in [5.41, 5.74) is 6.71. The standard InChI is InChI=1S/C10H14N2O2/c1-12(6-7-13)10(14)8-2-4-9(11)5-3-8/h2-5,13H,6-7,11H2,1H3. The van der Waals surface area contributed by atoms with Crippen LogP contribution in [0.4, 0.5) is 5.69 Å². The van der Waals surface area contributed by atoms with Crippen LogP contribution in [0.2, 0.25) is 0 Å². The minimum atomic E-state index is -0.112. The van der Waals surface area contributed by atoms with Gasteiger partial charge in [-0.1, -0.05) is 0 Å². The summed E-state index contributed by atoms with van der Waals surface area (Å²) in [6.07, 6.45) is 0. The zero-order chi connectivity index (χ0) is 10.6. The molecule has 1 aromatic carbocycles. The lowest BCUT2D eigenvalue weighted by Gasteiger charge is -2.15. The third-order valence-corrected chi connectivity index (χ3v) is 1.94. The maximum atomic E-state index is 11.6. The Morgan fingerprint density at radius 3 is 2.50 bits per heavy atom. The molecule has 0 atom stereocenters. The first-order chi connectivity index (χ1) is 6.65. The molecule has 76 valence electrons. The van der Waals surface area contributed by atoms with E-state index in [2.05, 4.69) is 0 Å². The zero-order valence-corrected chi connectivity index (χ0v) is 8.10. The molecule has 0 bridgehead atoms. The number of carbonyl (C=O) groups is 1. The largest absolute Gasteiger partial charge is 0.399 e. The van der Waals surface area contributed by atoms with Crippen LogP contribution in [0.5, 0.6) is 0 Å². The van der Waals surface area contributed by atoms with Crippen molar-refractivity contribution in [3.63, 3.8) is 0 Å². The van der Waals surface area contributed by atoms with E-state index >= 15 is 0 Å². The monoisotopic (exact) mass is 194 g/mol. The molecule has 0 saturated carbocycles. The number of hydrogen-bond acceptors (Lipinski definition) is 3. The van der Waals surface area contributed by atoms with E-state index < -0.39 is 0 Å². The second-order valence-electron chi connectivity index (χ2n) is 3.07. The molecule has 0 radical (unpaired) electrons. The number of benzene rings is 1. The molecule has 4 heteroatoms. The van der Waals surface area contributed by atoms with E-state index in [1.54, 1.807) is 31.3 Å². The number of aliphatic hydroxyl groups is 1. The lowest BCUT2D eigenvalue weighted by Crippen LogP contribution is -2.29. The van der Waals surface area contributed by atoms with Gasteiger partial charge in [0.25, 0.3) is 5.91 Å². The summed E-state index contributed by atoms with van der Waals surface area (Å²) < 4.78 is 0. The molecule has 0 spiro atoms. The summed E-state index contributed by atoms with van der Waals surface area (Å²) >= 11 is 0. The fourth-order valence-electron chi connectivity index (χ4n) is 1.10. The first kappa shape index (κ1) is 10.5. The van der Waals surface area contributed by atoms with Gasteiger partial charge < -0.3 is 15.7 Å². The highest BCUT2D eigenvalue weighted by atomic mass is 16.3. The number of hydrogen-bond donors (Lipinski definition) is 2. The number of aliphatic hydroxyl groups excluding tert-OH is 1. The minimum Gasteiger partial charge on any atom is -0.399 e. The van der Waals surface area contributed by atoms with Gasteiger partial charge in [-0.15, -0.1) is 0 Å². The summed E-state index contributed by atoms with van der Waals surface area (Å²) in [4.78, 5) is 13.1. The quantitative estimate of drug-likeness (QED) is 0.681. The van der Waals surface area contributed by atoms with Gasteiger partial charge >= 0.3 is 0 Å². The van der Waals surface area contributed by atoms with Gasteiger partial charge in [0.15, 0.2) is 0 Å². The molecule has 0 saturated heterocycles. The Labute approximate surface area is 82.9 Å². The Bertz CT molecular complexity index is 308. The molecular formula is C10H14N2O2. The van der Waals surface area contributed by atoms with Crippen LogP contribution in [0.3, 0.4) is 0 Å². The second-order valence-corrected chi connectivity index (χ2v) is 3.07. The van der Waals surface area contributed by atoms with Crippen molar-refractivity contribution >= 4 is 11.6 Å². The molecule has 1 amide bonds. The van der Waals surface area contributed by atoms with Crippen molar-refractivity contribution in [1.82, 2.24) is 4.90 Å². The number of amides is 1. The Balaban J connectivity index is 2.74. The molecule has 1 rings (SSSR count). The summed E-state index contributed by atoms with van der Waals surface area (Å²) in [5.74, 6) is -0.112. The first-order valence-electron chi connectivity index (χ1n) is 4.37. The van der Waals surface area contributed by atoms with Crippen LogP contribution in [0.25, 0.3) is 0 Å². The average molecular weight is 194 g/mol. The highest BCUT2D eigenvalue weighted by Crippen LogP contribution is 2.07. The Morgan fingerprint density at radius 2 is 2.00 bits per heavy atom. The normalized spacial score (nSPS) is 9.86. The maximum Gasteiger partial charge on any atom is 0.253 e. The van der Waals surface area contributed by atoms with Gasteiger partial charge in [-0.05, 0) is 24.3 Å². The van der Waals surface area contributed by atoms with Gasteiger partial charge in [-0.25, -0.2) is 0 Å². The summed E-state index contributed by atoms with van der Waals surface area (Å²) in [6, 6.07) is 6.71. The molecular weight excluding hydrogens is 180 g/mol. The van der Waals surface area contributed by atoms with E-state index in [0.29, 0.717) is 17.8 Å². The topological polar surface area (TPSA) is 66.6 Å². The predicted octanol–water partition coefficient (Wildman–Crippen LogP) is 0.333. The smallest absolute Gasteiger partial charge is 0.253 e. The molecule has 0 heterocycles. The van der Waals surface area contributed by atoms with Crippen LogP contribution in [-0.4, -0.2) is 36.1 Å². The van der Waals surface area contributed by atoms with Gasteiger partial charge in [0, 0.05) is 24.8 Å². The predicted molar refractivity (Wildman–Crippen MR) is 54.9 cm³/mol. The number of likely N-dealkylation sites (N-methyl/N-ethyl adjacent to an activating group) is 1. The van der Waals surface area contributed by atoms with E-state index in [9.17, 15) is 4.79 Å². The van der Waals surface area contributed by atoms with Crippen molar-refractivity contribution in [2.45, 2.75) is 0 Å². The van der Waals surface area contributed by atoms with Crippen molar-refractivity contribution < 1.29 is 9.90 Å². The Kier molecular flexibility index (Phi) is 3.48. The van der Waals surface area contributed by atoms with E-state index in [0.717, 1.165) is 0 Å². The van der Waals surface area contributed by atoms with Crippen LogP contribution < -0.4 is 5.73 Å². The SMILES string of the molecule is CN(CCO)C(=O)c1ccc(N)cc1. The molecule has 0 aromatic heterocycles. The number of rotatable bonds is 3. The highest BCUT2D eigenvalue weighted by Gasteiger charge is 2.09. The van der Waals surface area contributed by atoms with Crippen molar-refractivity contribution in [3.05, 3.63) is 29.8 Å². The summed E-state index contributed by atoms with van der Waals surface area (Å²) in [6.45, 7) is 0.306. The number of anilines is 1. The van der Waals surface area contributed by atoms with E-state index in [4.69, 9.17) is 10.8 Å². The molecule has 14 heavy (non-hydrogen) atoms. The number of nitrogen functional groups attached to an aromatic ring is 1. The van der Waals surface area contributed by atoms with Crippen molar-refractivity contribution in [3.8, 4) is 0 Å². The molecule has 1 aromatic rings. The molecule has 0 aliphatic rings. The van der Waals surface area contributed by atoms with Crippen molar-refractivity contribution in [2.24, 2.45) is 0 Å². The van der Waals surface area contributed by atoms with Gasteiger partial charge in [-0.3, -0.25) is 4.79 Å². The van der Waals surface area contributed by atoms with Crippen LogP contribution in [-0.2, 0) is 0 Å². The molecule has 3 N–H and O–H groups in total. The molecule has 0 fully saturated rings. The number of carbonyl (C=O) groups excluding carboxylic acids is 1. The minimum absolute atomic E-state index is 0.0305. The Morgan fingerprint density at radius 1 is 1.43 bits per heavy atom. The molecule has 0 aliphatic carbocycles. The summed E-state index contributed by atoms with van der Waals surface area (Å²) in [7, 11) is 1.65. The summed E-state index contributed by atoms with van der Waals surface area (Å²) in [5, 5.41) is 8.66. The highest BCUT2D eigenvalue weighted by molar-refractivity contribution is 5.94. The fraction of sp³-hybridized carbons (Fsp3) is 0.300. The third-order valence-electron chi connectivity index (χ3n) is 1.94. The fourth-order valence-corrected chi connectivity index (χ4v) is 1.10. The number of nitrogens with two attached hydrogens (primary N) is 1. The van der Waals surface area contributed by atoms with Gasteiger partial charge in [0.05, 0.1) is 6.61 Å². The van der Waals surface area contributed by atoms with Crippen LogP contribution >= 0.6 is 0 Å². The molecule has 4 nitrogen and oxygen atoms in total. The van der Waals surface area contributed by atoms with Gasteiger partial charge in [-0.2, -0.15) is 0 Å². The van der Waals surface area contributed by atoms with Crippen LogP contribution in [0, 0.1) is 0 Å². The first-order valence-corrected chi connectivity index (χ1v) is 4.37. The molecule has 0 aliphatic heterocycles. The molecule has 0 unspecified atom stereocenters. The zero-order valence-electron chi connectivity index (χ0n) is 8.10. The van der Waals surface area contributed by atoms with Crippen molar-refractivity contribution in [2.75, 3.05) is 25.9 Å². The van der Waals surface area contributed by atoms with E-state index in [1.807, 2.05) is 0 Å². The van der Waals surface area contributed by atoms with E-state index in [1.165, 1.54) is 4.90 Å². The van der Waals surface area contributed by atoms with Crippen LogP contribution in [0.15, 0.2) is 24.3 Å². The lowest BCUT2D eigenvalue weighted by molar-refractivity contribution is 0.0767. The second kappa shape index (κ2) is 4.62. The van der Waals surface area contributed by atoms with Gasteiger partial charge in [0.1, 0.15) is 0 Å². The number of nitrogens with zero attached hydrogens (tertiary/aromatic N) is 1. The average Bonchev–Trinajstić information content (AvgIpc) is 2.18. The van der Waals surface area contributed by atoms with Crippen molar-refractivity contribution in [1.29, 1.82) is 0 Å². The maximum absolute atomic E-state index is 11.6. The third kappa shape index (κ3) is 2.47. The Hall–Kier alpha value is -1.55. The lowest BCUT2D eigenvalue weighted by atomic mass is 10.2. The van der Waals surface area contributed by atoms with Gasteiger partial charge in [0.2, 0.25) is 0 Å². The van der Waals surface area contributed by atoms with E-state index in [-0.39, 0.29) is 12.5 Å².